The monoisotopic (exact) mass is 224 g/mol. The van der Waals surface area contributed by atoms with Crippen LogP contribution in [0.15, 0.2) is 29.2 Å². The van der Waals surface area contributed by atoms with E-state index in [1.807, 2.05) is 38.3 Å². The highest BCUT2D eigenvalue weighted by Crippen LogP contribution is 2.16. The lowest BCUT2D eigenvalue weighted by Gasteiger charge is -2.10. The number of hydrogen-bond donors (Lipinski definition) is 0. The number of carbonyl (C=O) groups excluding carboxylic acids is 1. The van der Waals surface area contributed by atoms with Crippen LogP contribution in [0.3, 0.4) is 0 Å². The van der Waals surface area contributed by atoms with Gasteiger partial charge in [-0.05, 0) is 37.8 Å². The first kappa shape index (κ1) is 12.1. The highest BCUT2D eigenvalue weighted by atomic mass is 32.2. The van der Waals surface area contributed by atoms with Gasteiger partial charge in [-0.3, -0.25) is 0 Å². The van der Waals surface area contributed by atoms with Crippen LogP contribution in [0, 0.1) is 0 Å². The van der Waals surface area contributed by atoms with E-state index in [4.69, 9.17) is 4.74 Å². The third-order valence-corrected chi connectivity index (χ3v) is 2.91. The Hall–Kier alpha value is -0.960. The van der Waals surface area contributed by atoms with E-state index in [1.54, 1.807) is 17.8 Å². The first-order valence-corrected chi connectivity index (χ1v) is 6.25. The topological polar surface area (TPSA) is 26.3 Å². The molecule has 0 aliphatic rings. The van der Waals surface area contributed by atoms with E-state index in [0.717, 1.165) is 11.3 Å². The van der Waals surface area contributed by atoms with Crippen molar-refractivity contribution in [2.24, 2.45) is 0 Å². The maximum absolute atomic E-state index is 11.7. The summed E-state index contributed by atoms with van der Waals surface area (Å²) in [4.78, 5) is 12.7. The summed E-state index contributed by atoms with van der Waals surface area (Å²) in [6.45, 7) is 3.90. The molecule has 1 unspecified atom stereocenters. The van der Waals surface area contributed by atoms with Crippen molar-refractivity contribution >= 4 is 17.7 Å². The third kappa shape index (κ3) is 3.59. The summed E-state index contributed by atoms with van der Waals surface area (Å²) in [5.74, 6) is -0.236. The molecular weight excluding hydrogens is 208 g/mol. The number of rotatable bonds is 4. The van der Waals surface area contributed by atoms with Crippen LogP contribution in [0.4, 0.5) is 0 Å². The van der Waals surface area contributed by atoms with Gasteiger partial charge in [0.25, 0.3) is 0 Å². The maximum Gasteiger partial charge on any atom is 0.338 e. The molecule has 0 spiro atoms. The van der Waals surface area contributed by atoms with Gasteiger partial charge in [-0.25, -0.2) is 4.79 Å². The fraction of sp³-hybridized carbons (Fsp3) is 0.417. The minimum Gasteiger partial charge on any atom is -0.459 e. The van der Waals surface area contributed by atoms with Crippen molar-refractivity contribution in [3.63, 3.8) is 0 Å². The zero-order valence-electron chi connectivity index (χ0n) is 9.32. The number of ether oxygens (including phenoxy) is 1. The van der Waals surface area contributed by atoms with Gasteiger partial charge in [0.05, 0.1) is 11.7 Å². The molecule has 0 saturated heterocycles. The molecule has 0 radical (unpaired) electrons. The Morgan fingerprint density at radius 3 is 2.87 bits per heavy atom. The van der Waals surface area contributed by atoms with Crippen LogP contribution in [-0.2, 0) is 4.74 Å². The number of esters is 1. The van der Waals surface area contributed by atoms with E-state index in [-0.39, 0.29) is 12.1 Å². The van der Waals surface area contributed by atoms with Gasteiger partial charge in [0.1, 0.15) is 0 Å². The molecule has 0 fully saturated rings. The van der Waals surface area contributed by atoms with Crippen LogP contribution in [0.25, 0.3) is 0 Å². The van der Waals surface area contributed by atoms with E-state index in [1.165, 1.54) is 0 Å². The third-order valence-electron chi connectivity index (χ3n) is 2.19. The number of benzene rings is 1. The molecule has 0 bridgehead atoms. The van der Waals surface area contributed by atoms with Crippen LogP contribution in [0.5, 0.6) is 0 Å². The predicted molar refractivity (Wildman–Crippen MR) is 63.4 cm³/mol. The highest BCUT2D eigenvalue weighted by Gasteiger charge is 2.10. The summed E-state index contributed by atoms with van der Waals surface area (Å²) < 4.78 is 5.24. The SMILES string of the molecule is CCC(C)OC(=O)c1cccc(SC)c1. The van der Waals surface area contributed by atoms with E-state index >= 15 is 0 Å². The average molecular weight is 224 g/mol. The van der Waals surface area contributed by atoms with Gasteiger partial charge < -0.3 is 4.74 Å². The standard InChI is InChI=1S/C12H16O2S/c1-4-9(2)14-12(13)10-6-5-7-11(8-10)15-3/h5-9H,4H2,1-3H3. The summed E-state index contributed by atoms with van der Waals surface area (Å²) in [5, 5.41) is 0. The minimum atomic E-state index is -0.236. The zero-order valence-corrected chi connectivity index (χ0v) is 10.1. The van der Waals surface area contributed by atoms with Gasteiger partial charge in [0.2, 0.25) is 0 Å². The van der Waals surface area contributed by atoms with Crippen molar-refractivity contribution in [1.82, 2.24) is 0 Å². The van der Waals surface area contributed by atoms with E-state index in [0.29, 0.717) is 5.56 Å². The lowest BCUT2D eigenvalue weighted by molar-refractivity contribution is 0.0334. The fourth-order valence-corrected chi connectivity index (χ4v) is 1.54. The molecule has 0 amide bonds. The van der Waals surface area contributed by atoms with Crippen molar-refractivity contribution < 1.29 is 9.53 Å². The Kier molecular flexibility index (Phi) is 4.69. The van der Waals surface area contributed by atoms with E-state index in [2.05, 4.69) is 0 Å². The molecule has 3 heteroatoms. The molecule has 82 valence electrons. The molecule has 2 nitrogen and oxygen atoms in total. The Morgan fingerprint density at radius 1 is 1.53 bits per heavy atom. The van der Waals surface area contributed by atoms with Gasteiger partial charge >= 0.3 is 5.97 Å². The van der Waals surface area contributed by atoms with Crippen LogP contribution in [-0.4, -0.2) is 18.3 Å². The molecule has 1 aromatic rings. The molecule has 15 heavy (non-hydrogen) atoms. The zero-order chi connectivity index (χ0) is 11.3. The second-order valence-corrected chi connectivity index (χ2v) is 4.24. The molecule has 0 aliphatic heterocycles. The smallest absolute Gasteiger partial charge is 0.338 e. The lowest BCUT2D eigenvalue weighted by Crippen LogP contribution is -2.13. The summed E-state index contributed by atoms with van der Waals surface area (Å²) >= 11 is 1.62. The predicted octanol–water partition coefficient (Wildman–Crippen LogP) is 3.36. The molecular formula is C12H16O2S. The molecule has 0 heterocycles. The fourth-order valence-electron chi connectivity index (χ4n) is 1.08. The number of hydrogen-bond acceptors (Lipinski definition) is 3. The second kappa shape index (κ2) is 5.81. The van der Waals surface area contributed by atoms with Gasteiger partial charge in [0, 0.05) is 4.90 Å². The number of carbonyl (C=O) groups is 1. The first-order valence-electron chi connectivity index (χ1n) is 5.02. The van der Waals surface area contributed by atoms with Gasteiger partial charge in [-0.2, -0.15) is 0 Å². The van der Waals surface area contributed by atoms with Crippen molar-refractivity contribution in [2.45, 2.75) is 31.3 Å². The first-order chi connectivity index (χ1) is 7.17. The van der Waals surface area contributed by atoms with Crippen LogP contribution >= 0.6 is 11.8 Å². The van der Waals surface area contributed by atoms with Gasteiger partial charge in [-0.15, -0.1) is 11.8 Å². The van der Waals surface area contributed by atoms with Gasteiger partial charge in [-0.1, -0.05) is 13.0 Å². The molecule has 0 aromatic heterocycles. The largest absolute Gasteiger partial charge is 0.459 e. The molecule has 1 atom stereocenters. The highest BCUT2D eigenvalue weighted by molar-refractivity contribution is 7.98. The number of thioether (sulfide) groups is 1. The van der Waals surface area contributed by atoms with Crippen molar-refractivity contribution in [3.8, 4) is 0 Å². The summed E-state index contributed by atoms with van der Waals surface area (Å²) in [5.41, 5.74) is 0.627. The van der Waals surface area contributed by atoms with Crippen molar-refractivity contribution in [3.05, 3.63) is 29.8 Å². The normalized spacial score (nSPS) is 12.2. The lowest BCUT2D eigenvalue weighted by atomic mass is 10.2. The minimum absolute atomic E-state index is 0.0181. The molecule has 0 aliphatic carbocycles. The second-order valence-electron chi connectivity index (χ2n) is 3.36. The summed E-state index contributed by atoms with van der Waals surface area (Å²) in [6, 6.07) is 7.49. The van der Waals surface area contributed by atoms with Crippen LogP contribution in [0.1, 0.15) is 30.6 Å². The van der Waals surface area contributed by atoms with E-state index in [9.17, 15) is 4.79 Å². The van der Waals surface area contributed by atoms with Crippen LogP contribution in [0.2, 0.25) is 0 Å². The Balaban J connectivity index is 2.73. The quantitative estimate of drug-likeness (QED) is 0.579. The summed E-state index contributed by atoms with van der Waals surface area (Å²) in [7, 11) is 0. The molecule has 1 aromatic carbocycles. The Labute approximate surface area is 95.0 Å². The molecule has 0 N–H and O–H groups in total. The molecule has 0 saturated carbocycles. The van der Waals surface area contributed by atoms with Crippen molar-refractivity contribution in [2.75, 3.05) is 6.26 Å². The average Bonchev–Trinajstić information content (AvgIpc) is 2.28. The van der Waals surface area contributed by atoms with Gasteiger partial charge in [0.15, 0.2) is 0 Å². The van der Waals surface area contributed by atoms with Crippen LogP contribution < -0.4 is 0 Å². The molecule has 1 rings (SSSR count). The maximum atomic E-state index is 11.7. The van der Waals surface area contributed by atoms with E-state index < -0.39 is 0 Å². The Bertz CT molecular complexity index is 336. The summed E-state index contributed by atoms with van der Waals surface area (Å²) in [6.07, 6.45) is 2.81. The van der Waals surface area contributed by atoms with Crippen molar-refractivity contribution in [1.29, 1.82) is 0 Å². The Morgan fingerprint density at radius 2 is 2.27 bits per heavy atom.